The topological polar surface area (TPSA) is 24.5 Å². The van der Waals surface area contributed by atoms with Gasteiger partial charge in [-0.05, 0) is 37.1 Å². The van der Waals surface area contributed by atoms with Gasteiger partial charge >= 0.3 is 0 Å². The molecule has 0 amide bonds. The highest BCUT2D eigenvalue weighted by atomic mass is 16.5. The van der Waals surface area contributed by atoms with E-state index in [0.29, 0.717) is 0 Å². The van der Waals surface area contributed by atoms with Crippen molar-refractivity contribution in [1.82, 2.24) is 5.32 Å². The minimum atomic E-state index is 0.898. The second kappa shape index (κ2) is 8.81. The molecule has 1 N–H and O–H groups in total. The summed E-state index contributed by atoms with van der Waals surface area (Å²) in [5.41, 5.74) is 2.49. The number of hydrogen-bond acceptors (Lipinski definition) is 3. The minimum Gasteiger partial charge on any atom is -0.495 e. The SMILES string of the molecule is CCCN(CCC)c1ccc(CNCC)cc1OC. The number of rotatable bonds is 9. The normalized spacial score (nSPS) is 10.5. The first-order valence-electron chi connectivity index (χ1n) is 7.39. The van der Waals surface area contributed by atoms with Crippen LogP contribution in [0.5, 0.6) is 5.75 Å². The monoisotopic (exact) mass is 264 g/mol. The van der Waals surface area contributed by atoms with E-state index in [1.165, 1.54) is 11.3 Å². The Labute approximate surface area is 118 Å². The van der Waals surface area contributed by atoms with Crippen molar-refractivity contribution in [2.45, 2.75) is 40.2 Å². The Morgan fingerprint density at radius 1 is 1.11 bits per heavy atom. The molecular weight excluding hydrogens is 236 g/mol. The summed E-state index contributed by atoms with van der Waals surface area (Å²) in [5, 5.41) is 3.35. The van der Waals surface area contributed by atoms with E-state index in [2.05, 4.69) is 49.2 Å². The van der Waals surface area contributed by atoms with Gasteiger partial charge in [-0.1, -0.05) is 26.8 Å². The number of hydrogen-bond donors (Lipinski definition) is 1. The smallest absolute Gasteiger partial charge is 0.142 e. The van der Waals surface area contributed by atoms with Gasteiger partial charge in [0.15, 0.2) is 0 Å². The molecule has 0 bridgehead atoms. The molecule has 0 unspecified atom stereocenters. The third kappa shape index (κ3) is 4.75. The van der Waals surface area contributed by atoms with Crippen LogP contribution >= 0.6 is 0 Å². The molecule has 1 aromatic rings. The molecular formula is C16H28N2O. The van der Waals surface area contributed by atoms with Gasteiger partial charge in [-0.25, -0.2) is 0 Å². The number of nitrogens with one attached hydrogen (secondary N) is 1. The van der Waals surface area contributed by atoms with E-state index in [1.54, 1.807) is 7.11 Å². The number of anilines is 1. The van der Waals surface area contributed by atoms with Crippen LogP contribution in [0, 0.1) is 0 Å². The maximum absolute atomic E-state index is 5.57. The van der Waals surface area contributed by atoms with Gasteiger partial charge in [0.05, 0.1) is 12.8 Å². The van der Waals surface area contributed by atoms with E-state index in [4.69, 9.17) is 4.74 Å². The summed E-state index contributed by atoms with van der Waals surface area (Å²) in [7, 11) is 1.76. The van der Waals surface area contributed by atoms with Gasteiger partial charge in [0.2, 0.25) is 0 Å². The Morgan fingerprint density at radius 2 is 1.79 bits per heavy atom. The first kappa shape index (κ1) is 15.8. The molecule has 0 aliphatic heterocycles. The van der Waals surface area contributed by atoms with Gasteiger partial charge in [-0.3, -0.25) is 0 Å². The molecule has 0 aliphatic carbocycles. The van der Waals surface area contributed by atoms with E-state index in [-0.39, 0.29) is 0 Å². The van der Waals surface area contributed by atoms with Gasteiger partial charge in [0, 0.05) is 19.6 Å². The zero-order chi connectivity index (χ0) is 14.1. The van der Waals surface area contributed by atoms with Crippen LogP contribution in [0.3, 0.4) is 0 Å². The highest BCUT2D eigenvalue weighted by Gasteiger charge is 2.11. The molecule has 1 aromatic carbocycles. The first-order valence-corrected chi connectivity index (χ1v) is 7.39. The number of benzene rings is 1. The third-order valence-electron chi connectivity index (χ3n) is 3.15. The number of ether oxygens (including phenoxy) is 1. The molecule has 0 heterocycles. The fourth-order valence-corrected chi connectivity index (χ4v) is 2.26. The fraction of sp³-hybridized carbons (Fsp3) is 0.625. The van der Waals surface area contributed by atoms with Gasteiger partial charge in [0.25, 0.3) is 0 Å². The van der Waals surface area contributed by atoms with Gasteiger partial charge in [-0.2, -0.15) is 0 Å². The van der Waals surface area contributed by atoms with E-state index in [0.717, 1.165) is 44.8 Å². The molecule has 0 radical (unpaired) electrons. The van der Waals surface area contributed by atoms with Gasteiger partial charge in [-0.15, -0.1) is 0 Å². The Morgan fingerprint density at radius 3 is 2.32 bits per heavy atom. The summed E-state index contributed by atoms with van der Waals surface area (Å²) in [6.45, 7) is 10.6. The van der Waals surface area contributed by atoms with E-state index in [1.807, 2.05) is 0 Å². The molecule has 0 fully saturated rings. The lowest BCUT2D eigenvalue weighted by Gasteiger charge is -2.26. The van der Waals surface area contributed by atoms with Crippen LogP contribution in [0.4, 0.5) is 5.69 Å². The average molecular weight is 264 g/mol. The average Bonchev–Trinajstić information content (AvgIpc) is 2.44. The standard InChI is InChI=1S/C16H28N2O/c1-5-10-18(11-6-2)15-9-8-14(13-17-7-3)12-16(15)19-4/h8-9,12,17H,5-7,10-11,13H2,1-4H3. The van der Waals surface area contributed by atoms with E-state index in [9.17, 15) is 0 Å². The summed E-state index contributed by atoms with van der Waals surface area (Å²) in [4.78, 5) is 2.41. The van der Waals surface area contributed by atoms with Crippen LogP contribution < -0.4 is 15.0 Å². The number of methoxy groups -OCH3 is 1. The van der Waals surface area contributed by atoms with Crippen LogP contribution in [-0.4, -0.2) is 26.7 Å². The lowest BCUT2D eigenvalue weighted by atomic mass is 10.1. The van der Waals surface area contributed by atoms with Crippen molar-refractivity contribution in [3.8, 4) is 5.75 Å². The van der Waals surface area contributed by atoms with Crippen molar-refractivity contribution in [3.63, 3.8) is 0 Å². The summed E-state index contributed by atoms with van der Waals surface area (Å²) >= 11 is 0. The molecule has 3 nitrogen and oxygen atoms in total. The van der Waals surface area contributed by atoms with E-state index >= 15 is 0 Å². The van der Waals surface area contributed by atoms with Crippen molar-refractivity contribution in [2.24, 2.45) is 0 Å². The molecule has 0 aliphatic rings. The maximum atomic E-state index is 5.57. The lowest BCUT2D eigenvalue weighted by molar-refractivity contribution is 0.413. The predicted octanol–water partition coefficient (Wildman–Crippen LogP) is 3.43. The Bertz CT molecular complexity index is 360. The second-order valence-corrected chi connectivity index (χ2v) is 4.77. The summed E-state index contributed by atoms with van der Waals surface area (Å²) < 4.78 is 5.57. The molecule has 0 spiro atoms. The van der Waals surface area contributed by atoms with Crippen LogP contribution in [0.1, 0.15) is 39.2 Å². The second-order valence-electron chi connectivity index (χ2n) is 4.77. The Kier molecular flexibility index (Phi) is 7.34. The van der Waals surface area contributed by atoms with Crippen molar-refractivity contribution in [1.29, 1.82) is 0 Å². The van der Waals surface area contributed by atoms with Crippen LogP contribution in [0.15, 0.2) is 18.2 Å². The molecule has 108 valence electrons. The quantitative estimate of drug-likeness (QED) is 0.739. The molecule has 0 saturated carbocycles. The van der Waals surface area contributed by atoms with Crippen molar-refractivity contribution < 1.29 is 4.74 Å². The third-order valence-corrected chi connectivity index (χ3v) is 3.15. The fourth-order valence-electron chi connectivity index (χ4n) is 2.26. The first-order chi connectivity index (χ1) is 9.26. The minimum absolute atomic E-state index is 0.898. The maximum Gasteiger partial charge on any atom is 0.142 e. The zero-order valence-electron chi connectivity index (χ0n) is 12.8. The molecule has 0 saturated heterocycles. The van der Waals surface area contributed by atoms with Crippen molar-refractivity contribution in [2.75, 3.05) is 31.6 Å². The summed E-state index contributed by atoms with van der Waals surface area (Å²) in [6.07, 6.45) is 2.31. The molecule has 1 rings (SSSR count). The summed E-state index contributed by atoms with van der Waals surface area (Å²) in [6, 6.07) is 6.53. The lowest BCUT2D eigenvalue weighted by Crippen LogP contribution is -2.25. The van der Waals surface area contributed by atoms with Crippen LogP contribution in [0.2, 0.25) is 0 Å². The molecule has 0 aromatic heterocycles. The van der Waals surface area contributed by atoms with Gasteiger partial charge in [0.1, 0.15) is 5.75 Å². The van der Waals surface area contributed by atoms with Gasteiger partial charge < -0.3 is 15.0 Å². The molecule has 0 atom stereocenters. The Hall–Kier alpha value is -1.22. The Balaban J connectivity index is 2.91. The zero-order valence-corrected chi connectivity index (χ0v) is 12.8. The van der Waals surface area contributed by atoms with E-state index < -0.39 is 0 Å². The molecule has 19 heavy (non-hydrogen) atoms. The highest BCUT2D eigenvalue weighted by molar-refractivity contribution is 5.59. The van der Waals surface area contributed by atoms with Crippen LogP contribution in [0.25, 0.3) is 0 Å². The predicted molar refractivity (Wildman–Crippen MR) is 83.2 cm³/mol. The summed E-state index contributed by atoms with van der Waals surface area (Å²) in [5.74, 6) is 0.984. The van der Waals surface area contributed by atoms with Crippen molar-refractivity contribution in [3.05, 3.63) is 23.8 Å². The van der Waals surface area contributed by atoms with Crippen LogP contribution in [-0.2, 0) is 6.54 Å². The number of nitrogens with zero attached hydrogens (tertiary/aromatic N) is 1. The van der Waals surface area contributed by atoms with Crippen molar-refractivity contribution >= 4 is 5.69 Å². The molecule has 3 heteroatoms. The largest absolute Gasteiger partial charge is 0.495 e. The highest BCUT2D eigenvalue weighted by Crippen LogP contribution is 2.29.